The molecule has 0 aliphatic carbocycles. The van der Waals surface area contributed by atoms with Crippen molar-refractivity contribution in [3.05, 3.63) is 59.9 Å². The van der Waals surface area contributed by atoms with Crippen LogP contribution in [0.5, 0.6) is 6.01 Å². The lowest BCUT2D eigenvalue weighted by atomic mass is 10.1. The number of hydrogen-bond acceptors (Lipinski definition) is 8. The first-order valence-corrected chi connectivity index (χ1v) is 13.1. The third-order valence-corrected chi connectivity index (χ3v) is 7.60. The van der Waals surface area contributed by atoms with Gasteiger partial charge in [0.15, 0.2) is 6.61 Å². The molecular weight excluding hydrogens is 573 g/mol. The predicted molar refractivity (Wildman–Crippen MR) is 128 cm³/mol. The van der Waals surface area contributed by atoms with Crippen LogP contribution in [0.3, 0.4) is 0 Å². The molecule has 216 valence electrons. The van der Waals surface area contributed by atoms with Gasteiger partial charge in [0, 0.05) is 24.8 Å². The van der Waals surface area contributed by atoms with E-state index in [1.165, 1.54) is 18.2 Å². The molecule has 0 amide bonds. The summed E-state index contributed by atoms with van der Waals surface area (Å²) < 4.78 is 123. The Morgan fingerprint density at radius 1 is 0.925 bits per heavy atom. The van der Waals surface area contributed by atoms with Crippen LogP contribution in [0.15, 0.2) is 53.4 Å². The molecule has 0 bridgehead atoms. The first-order chi connectivity index (χ1) is 18.7. The number of hydrogen-bond donors (Lipinski definition) is 2. The molecule has 0 atom stereocenters. The summed E-state index contributed by atoms with van der Waals surface area (Å²) in [5.74, 6) is -1.54. The Bertz CT molecular complexity index is 1450. The minimum atomic E-state index is -4.72. The van der Waals surface area contributed by atoms with Gasteiger partial charge in [0.1, 0.15) is 10.7 Å². The van der Waals surface area contributed by atoms with Crippen molar-refractivity contribution in [1.82, 2.24) is 19.3 Å². The van der Waals surface area contributed by atoms with E-state index in [4.69, 9.17) is 0 Å². The maximum atomic E-state index is 14.1. The Kier molecular flexibility index (Phi) is 8.34. The molecule has 0 unspecified atom stereocenters. The summed E-state index contributed by atoms with van der Waals surface area (Å²) in [6.07, 6.45) is -8.95. The number of nitrogens with zero attached hydrogens (tertiary/aromatic N) is 4. The zero-order chi connectivity index (χ0) is 29.1. The number of piperidine rings is 1. The average molecular weight is 595 g/mol. The number of benzene rings is 2. The summed E-state index contributed by atoms with van der Waals surface area (Å²) in [5.41, 5.74) is -1.07. The van der Waals surface area contributed by atoms with E-state index in [1.54, 1.807) is 0 Å². The van der Waals surface area contributed by atoms with Crippen LogP contribution < -0.4 is 15.4 Å². The van der Waals surface area contributed by atoms with E-state index in [2.05, 4.69) is 30.3 Å². The van der Waals surface area contributed by atoms with Crippen LogP contribution in [0, 0.1) is 5.82 Å². The Morgan fingerprint density at radius 3 is 2.25 bits per heavy atom. The topological polar surface area (TPSA) is 109 Å². The predicted octanol–water partition coefficient (Wildman–Crippen LogP) is 4.98. The second kappa shape index (κ2) is 11.4. The average Bonchev–Trinajstić information content (AvgIpc) is 2.87. The minimum Gasteiger partial charge on any atom is -0.454 e. The highest BCUT2D eigenvalue weighted by atomic mass is 32.2. The van der Waals surface area contributed by atoms with Crippen molar-refractivity contribution in [2.75, 3.05) is 30.3 Å². The zero-order valence-electron chi connectivity index (χ0n) is 20.3. The van der Waals surface area contributed by atoms with Gasteiger partial charge in [-0.15, -0.1) is 0 Å². The van der Waals surface area contributed by atoms with Crippen molar-refractivity contribution in [2.45, 2.75) is 36.1 Å². The number of halogens is 7. The van der Waals surface area contributed by atoms with E-state index in [0.29, 0.717) is 0 Å². The SMILES string of the molecule is O=S(=O)(c1ccccc1F)N1CCC(Nc2nc(Nc3cccc(C(F)(F)F)c3)nc(OCC(F)(F)F)n2)CC1. The van der Waals surface area contributed by atoms with Gasteiger partial charge >= 0.3 is 18.4 Å². The van der Waals surface area contributed by atoms with Gasteiger partial charge in [-0.05, 0) is 43.2 Å². The molecule has 1 saturated heterocycles. The first kappa shape index (κ1) is 29.3. The van der Waals surface area contributed by atoms with Gasteiger partial charge in [-0.3, -0.25) is 0 Å². The van der Waals surface area contributed by atoms with Gasteiger partial charge in [-0.1, -0.05) is 18.2 Å². The summed E-state index contributed by atoms with van der Waals surface area (Å²) >= 11 is 0. The maximum absolute atomic E-state index is 14.1. The summed E-state index contributed by atoms with van der Waals surface area (Å²) in [7, 11) is -4.10. The highest BCUT2D eigenvalue weighted by Gasteiger charge is 2.33. The quantitative estimate of drug-likeness (QED) is 0.352. The molecule has 1 fully saturated rings. The lowest BCUT2D eigenvalue weighted by molar-refractivity contribution is -0.154. The number of rotatable bonds is 8. The molecule has 0 saturated carbocycles. The zero-order valence-corrected chi connectivity index (χ0v) is 21.1. The fourth-order valence-corrected chi connectivity index (χ4v) is 5.34. The van der Waals surface area contributed by atoms with E-state index >= 15 is 0 Å². The van der Waals surface area contributed by atoms with Crippen LogP contribution in [0.1, 0.15) is 18.4 Å². The van der Waals surface area contributed by atoms with E-state index in [1.807, 2.05) is 0 Å². The van der Waals surface area contributed by atoms with Gasteiger partial charge in [-0.25, -0.2) is 12.8 Å². The minimum absolute atomic E-state index is 0.00775. The highest BCUT2D eigenvalue weighted by Crippen LogP contribution is 2.31. The van der Waals surface area contributed by atoms with Crippen LogP contribution >= 0.6 is 0 Å². The Balaban J connectivity index is 1.50. The fourth-order valence-electron chi connectivity index (χ4n) is 3.81. The largest absolute Gasteiger partial charge is 0.454 e. The fraction of sp³-hybridized carbons (Fsp3) is 0.348. The van der Waals surface area contributed by atoms with E-state index < -0.39 is 63.3 Å². The summed E-state index contributed by atoms with van der Waals surface area (Å²) in [6, 6.07) is 7.74. The molecular formula is C23H21F7N6O3S. The molecule has 2 N–H and O–H groups in total. The Labute approximate surface area is 223 Å². The summed E-state index contributed by atoms with van der Waals surface area (Å²) in [4.78, 5) is 11.1. The summed E-state index contributed by atoms with van der Waals surface area (Å²) in [5, 5.41) is 5.36. The van der Waals surface area contributed by atoms with Crippen molar-refractivity contribution in [1.29, 1.82) is 0 Å². The number of aromatic nitrogens is 3. The lowest BCUT2D eigenvalue weighted by Gasteiger charge is -2.31. The number of anilines is 3. The lowest BCUT2D eigenvalue weighted by Crippen LogP contribution is -2.42. The molecule has 4 rings (SSSR count). The van der Waals surface area contributed by atoms with Crippen LogP contribution in [-0.4, -0.2) is 59.6 Å². The molecule has 1 aliphatic heterocycles. The number of alkyl halides is 6. The van der Waals surface area contributed by atoms with Crippen LogP contribution in [0.4, 0.5) is 48.3 Å². The smallest absolute Gasteiger partial charge is 0.422 e. The first-order valence-electron chi connectivity index (χ1n) is 11.6. The molecule has 2 heterocycles. The van der Waals surface area contributed by atoms with Crippen LogP contribution in [-0.2, 0) is 16.2 Å². The molecule has 0 spiro atoms. The van der Waals surface area contributed by atoms with Crippen LogP contribution in [0.25, 0.3) is 0 Å². The van der Waals surface area contributed by atoms with Crippen molar-refractivity contribution in [2.24, 2.45) is 0 Å². The van der Waals surface area contributed by atoms with Crippen molar-refractivity contribution in [3.63, 3.8) is 0 Å². The molecule has 17 heteroatoms. The highest BCUT2D eigenvalue weighted by molar-refractivity contribution is 7.89. The third-order valence-electron chi connectivity index (χ3n) is 5.67. The second-order valence-electron chi connectivity index (χ2n) is 8.63. The van der Waals surface area contributed by atoms with E-state index in [-0.39, 0.29) is 37.6 Å². The van der Waals surface area contributed by atoms with E-state index in [9.17, 15) is 39.2 Å². The molecule has 1 aliphatic rings. The van der Waals surface area contributed by atoms with Gasteiger partial charge in [0.25, 0.3) is 0 Å². The second-order valence-corrected chi connectivity index (χ2v) is 10.5. The number of sulfonamides is 1. The molecule has 40 heavy (non-hydrogen) atoms. The van der Waals surface area contributed by atoms with Crippen molar-refractivity contribution >= 4 is 27.6 Å². The Hall–Kier alpha value is -3.73. The number of nitrogens with one attached hydrogen (secondary N) is 2. The normalized spacial score (nSPS) is 15.6. The summed E-state index contributed by atoms with van der Waals surface area (Å²) in [6.45, 7) is -1.75. The standard InChI is InChI=1S/C23H21F7N6O3S/c24-17-6-1-2-7-18(17)40(37,38)36-10-8-15(9-11-36)31-19-33-20(35-21(34-19)39-13-22(25,26)27)32-16-5-3-4-14(12-16)23(28,29)30/h1-7,12,15H,8-11,13H2,(H2,31,32,33,34,35). The molecule has 3 aromatic rings. The van der Waals surface area contributed by atoms with Crippen molar-refractivity contribution < 1.29 is 43.9 Å². The van der Waals surface area contributed by atoms with Gasteiger partial charge in [-0.2, -0.15) is 45.6 Å². The van der Waals surface area contributed by atoms with Gasteiger partial charge in [0.2, 0.25) is 21.9 Å². The van der Waals surface area contributed by atoms with Gasteiger partial charge in [0.05, 0.1) is 5.56 Å². The maximum Gasteiger partial charge on any atom is 0.422 e. The molecule has 2 aromatic carbocycles. The molecule has 1 aromatic heterocycles. The van der Waals surface area contributed by atoms with Crippen LogP contribution in [0.2, 0.25) is 0 Å². The monoisotopic (exact) mass is 594 g/mol. The Morgan fingerprint density at radius 2 is 1.60 bits per heavy atom. The van der Waals surface area contributed by atoms with Crippen molar-refractivity contribution in [3.8, 4) is 6.01 Å². The number of ether oxygens (including phenoxy) is 1. The third kappa shape index (κ3) is 7.47. The molecule has 0 radical (unpaired) electrons. The van der Waals surface area contributed by atoms with E-state index in [0.717, 1.165) is 34.6 Å². The molecule has 9 nitrogen and oxygen atoms in total. The van der Waals surface area contributed by atoms with Gasteiger partial charge < -0.3 is 15.4 Å².